The molecule has 2 aromatic carbocycles. The minimum absolute atomic E-state index is 0.0474. The molecule has 1 N–H and O–H groups in total. The van der Waals surface area contributed by atoms with Crippen LogP contribution in [0, 0.1) is 0 Å². The van der Waals surface area contributed by atoms with Crippen LogP contribution in [-0.4, -0.2) is 24.5 Å². The summed E-state index contributed by atoms with van der Waals surface area (Å²) >= 11 is 3.01. The van der Waals surface area contributed by atoms with Gasteiger partial charge in [-0.2, -0.15) is 8.42 Å². The summed E-state index contributed by atoms with van der Waals surface area (Å²) in [6.07, 6.45) is 0. The van der Waals surface area contributed by atoms with Gasteiger partial charge in [0.05, 0.1) is 4.47 Å². The fraction of sp³-hybridized carbons (Fsp3) is 0. The third-order valence-corrected chi connectivity index (χ3v) is 5.25. The molecule has 1 aliphatic rings. The lowest BCUT2D eigenvalue weighted by Gasteiger charge is -2.19. The van der Waals surface area contributed by atoms with Gasteiger partial charge in [0, 0.05) is 22.3 Å². The highest BCUT2D eigenvalue weighted by atomic mass is 79.9. The van der Waals surface area contributed by atoms with Gasteiger partial charge >= 0.3 is 0 Å². The van der Waals surface area contributed by atoms with Gasteiger partial charge < -0.3 is 0 Å². The Kier molecular flexibility index (Phi) is 3.09. The molecule has 0 bridgehead atoms. The van der Waals surface area contributed by atoms with Gasteiger partial charge in [-0.05, 0) is 28.1 Å². The summed E-state index contributed by atoms with van der Waals surface area (Å²) in [4.78, 5) is 24.4. The molecule has 0 saturated heterocycles. The van der Waals surface area contributed by atoms with Crippen LogP contribution >= 0.6 is 15.9 Å². The first-order chi connectivity index (χ1) is 9.82. The molecular formula is C14H7BrO5S. The van der Waals surface area contributed by atoms with Crippen LogP contribution in [0.3, 0.4) is 0 Å². The zero-order valence-electron chi connectivity index (χ0n) is 10.3. The highest BCUT2D eigenvalue weighted by molar-refractivity contribution is 9.10. The van der Waals surface area contributed by atoms with Crippen LogP contribution in [0.15, 0.2) is 45.8 Å². The Bertz CT molecular complexity index is 915. The van der Waals surface area contributed by atoms with Gasteiger partial charge in [0.2, 0.25) is 0 Å². The van der Waals surface area contributed by atoms with Crippen LogP contribution in [-0.2, 0) is 10.1 Å². The van der Waals surface area contributed by atoms with E-state index in [2.05, 4.69) is 15.9 Å². The van der Waals surface area contributed by atoms with Crippen molar-refractivity contribution in [3.8, 4) is 0 Å². The van der Waals surface area contributed by atoms with E-state index >= 15 is 0 Å². The van der Waals surface area contributed by atoms with Gasteiger partial charge in [-0.1, -0.05) is 24.3 Å². The predicted octanol–water partition coefficient (Wildman–Crippen LogP) is 2.47. The molecule has 1 aliphatic carbocycles. The zero-order chi connectivity index (χ0) is 15.4. The van der Waals surface area contributed by atoms with Gasteiger partial charge in [0.1, 0.15) is 4.90 Å². The molecule has 106 valence electrons. The molecule has 0 atom stereocenters. The molecule has 0 fully saturated rings. The first-order valence-electron chi connectivity index (χ1n) is 5.81. The zero-order valence-corrected chi connectivity index (χ0v) is 12.7. The molecule has 3 rings (SSSR count). The van der Waals surface area contributed by atoms with E-state index in [-0.39, 0.29) is 32.5 Å². The smallest absolute Gasteiger partial charge is 0.289 e. The minimum Gasteiger partial charge on any atom is -0.289 e. The second-order valence-electron chi connectivity index (χ2n) is 4.48. The van der Waals surface area contributed by atoms with Crippen LogP contribution in [0.2, 0.25) is 0 Å². The van der Waals surface area contributed by atoms with Crippen LogP contribution in [0.5, 0.6) is 0 Å². The van der Waals surface area contributed by atoms with E-state index in [0.717, 1.165) is 6.07 Å². The normalized spacial score (nSPS) is 13.8. The summed E-state index contributed by atoms with van der Waals surface area (Å²) in [5, 5.41) is 0. The van der Waals surface area contributed by atoms with Crippen LogP contribution in [0.1, 0.15) is 31.8 Å². The number of benzene rings is 2. The molecule has 0 aromatic heterocycles. The van der Waals surface area contributed by atoms with Crippen molar-refractivity contribution in [3.63, 3.8) is 0 Å². The number of halogens is 1. The fourth-order valence-corrected chi connectivity index (χ4v) is 4.03. The second-order valence-corrected chi connectivity index (χ2v) is 6.66. The highest BCUT2D eigenvalue weighted by Gasteiger charge is 2.33. The molecule has 0 spiro atoms. The van der Waals surface area contributed by atoms with E-state index < -0.39 is 20.8 Å². The van der Waals surface area contributed by atoms with E-state index in [1.54, 1.807) is 18.2 Å². The largest absolute Gasteiger partial charge is 0.295 e. The molecular weight excluding hydrogens is 360 g/mol. The maximum absolute atomic E-state index is 12.5. The predicted molar refractivity (Wildman–Crippen MR) is 77.3 cm³/mol. The first-order valence-corrected chi connectivity index (χ1v) is 8.04. The molecule has 21 heavy (non-hydrogen) atoms. The summed E-state index contributed by atoms with van der Waals surface area (Å²) in [6, 6.07) is 8.65. The van der Waals surface area contributed by atoms with Crippen molar-refractivity contribution in [3.05, 3.63) is 63.1 Å². The molecule has 0 radical (unpaired) electrons. The second kappa shape index (κ2) is 4.59. The molecule has 0 heterocycles. The summed E-state index contributed by atoms with van der Waals surface area (Å²) in [5.41, 5.74) is 0.552. The SMILES string of the molecule is O=C1c2ccccc2C(=O)c2c1ccc(S(=O)(=O)O)c2Br. The number of fused-ring (bicyclic) bond motifs is 2. The Labute approximate surface area is 128 Å². The number of ketones is 2. The van der Waals surface area contributed by atoms with Gasteiger partial charge in [-0.15, -0.1) is 0 Å². The average molecular weight is 367 g/mol. The van der Waals surface area contributed by atoms with Crippen molar-refractivity contribution in [1.29, 1.82) is 0 Å². The summed E-state index contributed by atoms with van der Waals surface area (Å²) in [7, 11) is -4.50. The summed E-state index contributed by atoms with van der Waals surface area (Å²) < 4.78 is 31.7. The molecule has 5 nitrogen and oxygen atoms in total. The van der Waals surface area contributed by atoms with Crippen molar-refractivity contribution < 1.29 is 22.6 Å². The highest BCUT2D eigenvalue weighted by Crippen LogP contribution is 2.35. The Balaban J connectivity index is 2.37. The Morgan fingerprint density at radius 1 is 0.857 bits per heavy atom. The average Bonchev–Trinajstić information content (AvgIpc) is 2.43. The molecule has 7 heteroatoms. The third-order valence-electron chi connectivity index (χ3n) is 3.27. The maximum atomic E-state index is 12.5. The lowest BCUT2D eigenvalue weighted by atomic mass is 9.84. The van der Waals surface area contributed by atoms with E-state index in [0.29, 0.717) is 0 Å². The van der Waals surface area contributed by atoms with Crippen molar-refractivity contribution in [1.82, 2.24) is 0 Å². The Morgan fingerprint density at radius 3 is 2.00 bits per heavy atom. The van der Waals surface area contributed by atoms with E-state index in [1.165, 1.54) is 12.1 Å². The number of hydrogen-bond donors (Lipinski definition) is 1. The van der Waals surface area contributed by atoms with Crippen molar-refractivity contribution in [2.45, 2.75) is 4.90 Å². The summed E-state index contributed by atoms with van der Waals surface area (Å²) in [6.45, 7) is 0. The van der Waals surface area contributed by atoms with E-state index in [4.69, 9.17) is 4.55 Å². The first kappa shape index (κ1) is 14.1. The number of carbonyl (C=O) groups excluding carboxylic acids is 2. The number of rotatable bonds is 1. The molecule has 0 saturated carbocycles. The van der Waals surface area contributed by atoms with Gasteiger partial charge in [-0.25, -0.2) is 0 Å². The van der Waals surface area contributed by atoms with Crippen molar-refractivity contribution in [2.75, 3.05) is 0 Å². The number of carbonyl (C=O) groups is 2. The molecule has 0 unspecified atom stereocenters. The Morgan fingerprint density at radius 2 is 1.43 bits per heavy atom. The third kappa shape index (κ3) is 2.05. The molecule has 0 amide bonds. The van der Waals surface area contributed by atoms with Crippen molar-refractivity contribution >= 4 is 37.6 Å². The van der Waals surface area contributed by atoms with Gasteiger partial charge in [0.15, 0.2) is 11.6 Å². The van der Waals surface area contributed by atoms with Gasteiger partial charge in [0.25, 0.3) is 10.1 Å². The number of hydrogen-bond acceptors (Lipinski definition) is 4. The fourth-order valence-electron chi connectivity index (χ4n) is 2.33. The van der Waals surface area contributed by atoms with Crippen LogP contribution in [0.4, 0.5) is 0 Å². The lowest BCUT2D eigenvalue weighted by molar-refractivity contribution is 0.0978. The molecule has 0 aliphatic heterocycles. The Hall–Kier alpha value is -1.83. The van der Waals surface area contributed by atoms with E-state index in [1.807, 2.05) is 0 Å². The summed E-state index contributed by atoms with van der Waals surface area (Å²) in [5.74, 6) is -0.819. The minimum atomic E-state index is -4.50. The lowest BCUT2D eigenvalue weighted by Crippen LogP contribution is -2.22. The topological polar surface area (TPSA) is 88.5 Å². The van der Waals surface area contributed by atoms with Crippen LogP contribution in [0.25, 0.3) is 0 Å². The maximum Gasteiger partial charge on any atom is 0.295 e. The quantitative estimate of drug-likeness (QED) is 0.668. The monoisotopic (exact) mass is 366 g/mol. The standard InChI is InChI=1S/C14H7BrO5S/c15-12-10(21(18,19)20)6-5-9-11(12)14(17)8-4-2-1-3-7(8)13(9)16/h1-6H,(H,18,19,20). The molecule has 2 aromatic rings. The van der Waals surface area contributed by atoms with E-state index in [9.17, 15) is 18.0 Å². The van der Waals surface area contributed by atoms with Gasteiger partial charge in [-0.3, -0.25) is 14.1 Å². The van der Waals surface area contributed by atoms with Crippen LogP contribution < -0.4 is 0 Å². The van der Waals surface area contributed by atoms with Crippen molar-refractivity contribution in [2.24, 2.45) is 0 Å².